The fourth-order valence-corrected chi connectivity index (χ4v) is 5.83. The van der Waals surface area contributed by atoms with Crippen molar-refractivity contribution in [3.8, 4) is 11.5 Å². The Labute approximate surface area is 235 Å². The van der Waals surface area contributed by atoms with Gasteiger partial charge >= 0.3 is 0 Å². The minimum Gasteiger partial charge on any atom is -0.544 e. The topological polar surface area (TPSA) is 38.7 Å². The molecule has 0 bridgehead atoms. The largest absolute Gasteiger partial charge is 0.544 e. The molecule has 0 amide bonds. The molecular weight excluding hydrogens is 496 g/mol. The molecule has 0 heterocycles. The van der Waals surface area contributed by atoms with Crippen LogP contribution >= 0.6 is 0 Å². The third-order valence-electron chi connectivity index (χ3n) is 8.13. The number of aliphatic hydroxyl groups is 1. The first-order chi connectivity index (χ1) is 18.5. The summed E-state index contributed by atoms with van der Waals surface area (Å²) in [5, 5.41) is 12.8. The van der Waals surface area contributed by atoms with Crippen molar-refractivity contribution in [2.45, 2.75) is 70.4 Å². The molecule has 0 aliphatic rings. The van der Waals surface area contributed by atoms with Crippen molar-refractivity contribution in [3.05, 3.63) is 131 Å². The van der Waals surface area contributed by atoms with Crippen LogP contribution in [-0.2, 0) is 12.2 Å². The van der Waals surface area contributed by atoms with Crippen LogP contribution in [0.25, 0.3) is 0 Å². The van der Waals surface area contributed by atoms with Gasteiger partial charge in [-0.25, -0.2) is 0 Å². The van der Waals surface area contributed by atoms with Crippen LogP contribution in [0, 0.1) is 0 Å². The number of hydrogen-bond donors (Lipinski definition) is 1. The minimum atomic E-state index is -1.97. The van der Waals surface area contributed by atoms with Crippen LogP contribution < -0.4 is 9.16 Å². The molecule has 4 heteroatoms. The average Bonchev–Trinajstić information content (AvgIpc) is 2.93. The SMILES string of the molecule is CCC(c1ccccc1)C(O)(c1ccc(OCc2ccccc2)cc1)c1ccc(O[Si](C)(C)C(C)(C)C)cc1. The van der Waals surface area contributed by atoms with E-state index in [1.807, 2.05) is 84.9 Å². The quantitative estimate of drug-likeness (QED) is 0.205. The van der Waals surface area contributed by atoms with E-state index in [4.69, 9.17) is 9.16 Å². The van der Waals surface area contributed by atoms with Gasteiger partial charge < -0.3 is 14.3 Å². The Bertz CT molecular complexity index is 1310. The molecule has 1 N–H and O–H groups in total. The van der Waals surface area contributed by atoms with Gasteiger partial charge in [0.2, 0.25) is 8.32 Å². The second-order valence-electron chi connectivity index (χ2n) is 11.8. The summed E-state index contributed by atoms with van der Waals surface area (Å²) in [6, 6.07) is 36.4. The smallest absolute Gasteiger partial charge is 0.250 e. The maximum Gasteiger partial charge on any atom is 0.250 e. The van der Waals surface area contributed by atoms with Crippen LogP contribution in [0.3, 0.4) is 0 Å². The van der Waals surface area contributed by atoms with Gasteiger partial charge in [0.1, 0.15) is 23.7 Å². The van der Waals surface area contributed by atoms with Crippen molar-refractivity contribution >= 4 is 8.32 Å². The van der Waals surface area contributed by atoms with Gasteiger partial charge in [0.05, 0.1) is 0 Å². The normalized spacial score (nSPS) is 14.3. The Hall–Kier alpha value is -3.34. The van der Waals surface area contributed by atoms with Crippen LogP contribution in [-0.4, -0.2) is 13.4 Å². The van der Waals surface area contributed by atoms with Crippen molar-refractivity contribution in [2.24, 2.45) is 0 Å². The molecule has 0 aliphatic carbocycles. The molecule has 2 atom stereocenters. The second kappa shape index (κ2) is 11.8. The molecule has 4 aromatic rings. The lowest BCUT2D eigenvalue weighted by atomic mass is 9.72. The van der Waals surface area contributed by atoms with Crippen LogP contribution in [0.2, 0.25) is 18.1 Å². The summed E-state index contributed by atoms with van der Waals surface area (Å²) < 4.78 is 12.6. The summed E-state index contributed by atoms with van der Waals surface area (Å²) >= 11 is 0. The first kappa shape index (κ1) is 28.7. The molecule has 2 unspecified atom stereocenters. The van der Waals surface area contributed by atoms with Crippen LogP contribution in [0.5, 0.6) is 11.5 Å². The van der Waals surface area contributed by atoms with Crippen LogP contribution in [0.4, 0.5) is 0 Å². The Kier molecular flexibility index (Phi) is 8.68. The average molecular weight is 539 g/mol. The van der Waals surface area contributed by atoms with Gasteiger partial charge in [0.25, 0.3) is 0 Å². The van der Waals surface area contributed by atoms with Crippen molar-refractivity contribution in [2.75, 3.05) is 0 Å². The van der Waals surface area contributed by atoms with Crippen LogP contribution in [0.15, 0.2) is 109 Å². The molecule has 204 valence electrons. The standard InChI is InChI=1S/C35H42O3Si/c1-7-33(28-16-12-9-13-17-28)35(36,30-20-24-32(25-21-30)38-39(5,6)34(2,3)4)29-18-22-31(23-19-29)37-26-27-14-10-8-11-15-27/h8-25,33,36H,7,26H2,1-6H3. The maximum atomic E-state index is 12.6. The summed E-state index contributed by atoms with van der Waals surface area (Å²) in [6.07, 6.45) is 0.773. The predicted octanol–water partition coefficient (Wildman–Crippen LogP) is 9.08. The Balaban J connectivity index is 1.68. The Morgan fingerprint density at radius 2 is 1.18 bits per heavy atom. The zero-order valence-electron chi connectivity index (χ0n) is 24.1. The summed E-state index contributed by atoms with van der Waals surface area (Å²) in [6.45, 7) is 13.9. The van der Waals surface area contributed by atoms with Gasteiger partial charge in [0.15, 0.2) is 0 Å². The molecule has 0 aromatic heterocycles. The number of benzene rings is 4. The predicted molar refractivity (Wildman–Crippen MR) is 164 cm³/mol. The molecule has 0 radical (unpaired) electrons. The highest BCUT2D eigenvalue weighted by Gasteiger charge is 2.41. The number of hydrogen-bond acceptors (Lipinski definition) is 3. The van der Waals surface area contributed by atoms with Gasteiger partial charge in [-0.2, -0.15) is 0 Å². The minimum absolute atomic E-state index is 0.108. The summed E-state index contributed by atoms with van der Waals surface area (Å²) in [5.74, 6) is 1.49. The van der Waals surface area contributed by atoms with Gasteiger partial charge in [-0.15, -0.1) is 0 Å². The lowest BCUT2D eigenvalue weighted by Gasteiger charge is -2.38. The van der Waals surface area contributed by atoms with E-state index in [-0.39, 0.29) is 11.0 Å². The summed E-state index contributed by atoms with van der Waals surface area (Å²) in [7, 11) is -1.97. The van der Waals surface area contributed by atoms with E-state index in [1.54, 1.807) is 0 Å². The Morgan fingerprint density at radius 3 is 1.67 bits per heavy atom. The van der Waals surface area contributed by atoms with Gasteiger partial charge in [-0.05, 0) is 71.1 Å². The molecule has 0 fully saturated rings. The van der Waals surface area contributed by atoms with Gasteiger partial charge in [-0.3, -0.25) is 0 Å². The zero-order chi connectivity index (χ0) is 28.1. The monoisotopic (exact) mass is 538 g/mol. The van der Waals surface area contributed by atoms with E-state index in [1.165, 1.54) is 0 Å². The van der Waals surface area contributed by atoms with E-state index >= 15 is 0 Å². The highest BCUT2D eigenvalue weighted by molar-refractivity contribution is 6.74. The number of rotatable bonds is 10. The van der Waals surface area contributed by atoms with E-state index in [0.717, 1.165) is 40.2 Å². The molecule has 0 saturated carbocycles. The first-order valence-corrected chi connectivity index (χ1v) is 16.8. The molecular formula is C35H42O3Si. The fourth-order valence-electron chi connectivity index (χ4n) is 4.80. The third-order valence-corrected chi connectivity index (χ3v) is 12.5. The Morgan fingerprint density at radius 1 is 0.692 bits per heavy atom. The molecule has 4 aromatic carbocycles. The highest BCUT2D eigenvalue weighted by atomic mass is 28.4. The molecule has 39 heavy (non-hydrogen) atoms. The van der Waals surface area contributed by atoms with Crippen molar-refractivity contribution in [1.82, 2.24) is 0 Å². The fraction of sp³-hybridized carbons (Fsp3) is 0.314. The highest BCUT2D eigenvalue weighted by Crippen LogP contribution is 2.45. The lowest BCUT2D eigenvalue weighted by molar-refractivity contribution is 0.0476. The lowest BCUT2D eigenvalue weighted by Crippen LogP contribution is -2.43. The van der Waals surface area contributed by atoms with Crippen molar-refractivity contribution < 1.29 is 14.3 Å². The molecule has 0 aliphatic heterocycles. The molecule has 3 nitrogen and oxygen atoms in total. The van der Waals surface area contributed by atoms with Crippen molar-refractivity contribution in [1.29, 1.82) is 0 Å². The molecule has 0 spiro atoms. The second-order valence-corrected chi connectivity index (χ2v) is 16.5. The number of ether oxygens (including phenoxy) is 1. The summed E-state index contributed by atoms with van der Waals surface area (Å²) in [4.78, 5) is 0. The van der Waals surface area contributed by atoms with Crippen LogP contribution in [0.1, 0.15) is 62.3 Å². The van der Waals surface area contributed by atoms with E-state index < -0.39 is 13.9 Å². The molecule has 4 rings (SSSR count). The summed E-state index contributed by atoms with van der Waals surface area (Å²) in [5.41, 5.74) is 2.67. The third kappa shape index (κ3) is 6.46. The van der Waals surface area contributed by atoms with Gasteiger partial charge in [0, 0.05) is 5.92 Å². The van der Waals surface area contributed by atoms with E-state index in [2.05, 4.69) is 65.1 Å². The maximum absolute atomic E-state index is 12.6. The zero-order valence-corrected chi connectivity index (χ0v) is 25.1. The molecule has 0 saturated heterocycles. The van der Waals surface area contributed by atoms with E-state index in [0.29, 0.717) is 6.61 Å². The van der Waals surface area contributed by atoms with Gasteiger partial charge in [-0.1, -0.05) is 113 Å². The first-order valence-electron chi connectivity index (χ1n) is 13.9. The van der Waals surface area contributed by atoms with Crippen molar-refractivity contribution in [3.63, 3.8) is 0 Å². The van der Waals surface area contributed by atoms with E-state index in [9.17, 15) is 5.11 Å².